The van der Waals surface area contributed by atoms with E-state index in [1.165, 1.54) is 0 Å². The Balaban J connectivity index is 3.08. The molecule has 0 amide bonds. The van der Waals surface area contributed by atoms with Crippen LogP contribution in [-0.2, 0) is 0 Å². The molecule has 1 heterocycles. The first kappa shape index (κ1) is 7.39. The molecule has 0 radical (unpaired) electrons. The van der Waals surface area contributed by atoms with Gasteiger partial charge in [0, 0.05) is 6.21 Å². The van der Waals surface area contributed by atoms with Gasteiger partial charge < -0.3 is 11.5 Å². The molecule has 58 valence electrons. The zero-order valence-electron chi connectivity index (χ0n) is 6.02. The van der Waals surface area contributed by atoms with Crippen molar-refractivity contribution in [3.05, 3.63) is 0 Å². The second-order valence-electron chi connectivity index (χ2n) is 1.74. The first-order valence-electron chi connectivity index (χ1n) is 2.98. The number of aliphatic imine (C=N–C) groups is 1. The van der Waals surface area contributed by atoms with Crippen molar-refractivity contribution in [3.63, 3.8) is 0 Å². The molecule has 0 atom stereocenters. The summed E-state index contributed by atoms with van der Waals surface area (Å²) in [5, 5.41) is 0. The second kappa shape index (κ2) is 2.91. The van der Waals surface area contributed by atoms with Crippen LogP contribution in [-0.4, -0.2) is 21.2 Å². The third-order valence-corrected chi connectivity index (χ3v) is 0.903. The fraction of sp³-hybridized carbons (Fsp3) is 0.200. The Bertz CT molecular complexity index is 260. The van der Waals surface area contributed by atoms with Gasteiger partial charge in [-0.1, -0.05) is 0 Å². The van der Waals surface area contributed by atoms with Crippen LogP contribution in [0.4, 0.5) is 17.8 Å². The molecule has 0 saturated carbocycles. The molecule has 0 aliphatic carbocycles. The maximum Gasteiger partial charge on any atom is 0.255 e. The number of anilines is 2. The number of nitrogen functional groups attached to an aromatic ring is 2. The SMILES string of the molecule is CC=Nc1nc(N)nc(N)n1. The molecule has 0 bridgehead atoms. The Kier molecular flexibility index (Phi) is 1.95. The molecule has 0 unspecified atom stereocenters. The summed E-state index contributed by atoms with van der Waals surface area (Å²) in [6, 6.07) is 0. The molecule has 0 aliphatic heterocycles. The number of hydrogen-bond acceptors (Lipinski definition) is 6. The largest absolute Gasteiger partial charge is 0.368 e. The van der Waals surface area contributed by atoms with Crippen LogP contribution in [0.2, 0.25) is 0 Å². The third-order valence-electron chi connectivity index (χ3n) is 0.903. The van der Waals surface area contributed by atoms with Crippen molar-refractivity contribution in [2.75, 3.05) is 11.5 Å². The van der Waals surface area contributed by atoms with Crippen LogP contribution in [0.15, 0.2) is 4.99 Å². The Hall–Kier alpha value is -1.72. The van der Waals surface area contributed by atoms with Crippen molar-refractivity contribution < 1.29 is 0 Å². The van der Waals surface area contributed by atoms with Crippen LogP contribution in [0.1, 0.15) is 6.92 Å². The van der Waals surface area contributed by atoms with Gasteiger partial charge in [-0.25, -0.2) is 4.99 Å². The van der Waals surface area contributed by atoms with Crippen LogP contribution < -0.4 is 11.5 Å². The molecule has 6 heteroatoms. The zero-order chi connectivity index (χ0) is 8.27. The lowest BCUT2D eigenvalue weighted by molar-refractivity contribution is 1.07. The molecule has 6 nitrogen and oxygen atoms in total. The topological polar surface area (TPSA) is 103 Å². The summed E-state index contributed by atoms with van der Waals surface area (Å²) in [5.41, 5.74) is 10.5. The van der Waals surface area contributed by atoms with Crippen molar-refractivity contribution in [3.8, 4) is 0 Å². The highest BCUT2D eigenvalue weighted by atomic mass is 15.2. The summed E-state index contributed by atoms with van der Waals surface area (Å²) in [4.78, 5) is 14.8. The molecule has 0 fully saturated rings. The fourth-order valence-corrected chi connectivity index (χ4v) is 0.570. The molecule has 1 aromatic rings. The van der Waals surface area contributed by atoms with Gasteiger partial charge in [-0.15, -0.1) is 0 Å². The van der Waals surface area contributed by atoms with Gasteiger partial charge in [0.15, 0.2) is 0 Å². The van der Waals surface area contributed by atoms with E-state index in [-0.39, 0.29) is 17.8 Å². The molecule has 1 rings (SSSR count). The predicted molar refractivity (Wildman–Crippen MR) is 42.5 cm³/mol. The first-order valence-corrected chi connectivity index (χ1v) is 2.98. The highest BCUT2D eigenvalue weighted by Gasteiger charge is 1.96. The van der Waals surface area contributed by atoms with Crippen molar-refractivity contribution in [1.82, 2.24) is 15.0 Å². The minimum atomic E-state index is 0.0816. The number of rotatable bonds is 1. The normalized spacial score (nSPS) is 10.6. The van der Waals surface area contributed by atoms with E-state index in [2.05, 4.69) is 19.9 Å². The van der Waals surface area contributed by atoms with Crippen molar-refractivity contribution in [1.29, 1.82) is 0 Å². The van der Waals surface area contributed by atoms with Gasteiger partial charge in [0.2, 0.25) is 11.9 Å². The molecule has 11 heavy (non-hydrogen) atoms. The standard InChI is InChI=1S/C5H8N6/c1-2-8-5-10-3(6)9-4(7)11-5/h2H,1H3,(H4,6,7,9,10,11). The average Bonchev–Trinajstić information content (AvgIpc) is 1.85. The summed E-state index contributed by atoms with van der Waals surface area (Å²) in [6.45, 7) is 1.75. The minimum absolute atomic E-state index is 0.0816. The first-order chi connectivity index (χ1) is 5.22. The summed E-state index contributed by atoms with van der Waals surface area (Å²) < 4.78 is 0. The van der Waals surface area contributed by atoms with E-state index in [0.717, 1.165) is 0 Å². The van der Waals surface area contributed by atoms with E-state index < -0.39 is 0 Å². The lowest BCUT2D eigenvalue weighted by atomic mass is 10.8. The summed E-state index contributed by atoms with van der Waals surface area (Å²) >= 11 is 0. The van der Waals surface area contributed by atoms with E-state index in [0.29, 0.717) is 0 Å². The maximum atomic E-state index is 5.27. The molecular weight excluding hydrogens is 144 g/mol. The summed E-state index contributed by atoms with van der Waals surface area (Å²) in [7, 11) is 0. The van der Waals surface area contributed by atoms with Crippen LogP contribution in [0.25, 0.3) is 0 Å². The van der Waals surface area contributed by atoms with Gasteiger partial charge >= 0.3 is 0 Å². The van der Waals surface area contributed by atoms with Crippen LogP contribution in [0, 0.1) is 0 Å². The zero-order valence-corrected chi connectivity index (χ0v) is 6.02. The molecule has 1 aromatic heterocycles. The Morgan fingerprint density at radius 1 is 1.18 bits per heavy atom. The van der Waals surface area contributed by atoms with E-state index in [4.69, 9.17) is 11.5 Å². The van der Waals surface area contributed by atoms with E-state index in [1.54, 1.807) is 13.1 Å². The number of nitrogens with two attached hydrogens (primary N) is 2. The fourth-order valence-electron chi connectivity index (χ4n) is 0.570. The summed E-state index contributed by atoms with van der Waals surface area (Å²) in [6.07, 6.45) is 1.55. The predicted octanol–water partition coefficient (Wildman–Crippen LogP) is -0.242. The van der Waals surface area contributed by atoms with Crippen molar-refractivity contribution in [2.24, 2.45) is 4.99 Å². The highest BCUT2D eigenvalue weighted by molar-refractivity contribution is 5.57. The van der Waals surface area contributed by atoms with Gasteiger partial charge in [-0.3, -0.25) is 0 Å². The second-order valence-corrected chi connectivity index (χ2v) is 1.74. The average molecular weight is 152 g/mol. The van der Waals surface area contributed by atoms with Gasteiger partial charge in [-0.2, -0.15) is 15.0 Å². The van der Waals surface area contributed by atoms with Gasteiger partial charge in [0.1, 0.15) is 0 Å². The van der Waals surface area contributed by atoms with E-state index in [1.807, 2.05) is 0 Å². The summed E-state index contributed by atoms with van der Waals surface area (Å²) in [5.74, 6) is 0.397. The number of aromatic nitrogens is 3. The van der Waals surface area contributed by atoms with Gasteiger partial charge in [0.25, 0.3) is 5.95 Å². The quantitative estimate of drug-likeness (QED) is 0.540. The monoisotopic (exact) mass is 152 g/mol. The van der Waals surface area contributed by atoms with Crippen molar-refractivity contribution in [2.45, 2.75) is 6.92 Å². The Morgan fingerprint density at radius 3 is 2.18 bits per heavy atom. The Labute approximate surface area is 63.4 Å². The van der Waals surface area contributed by atoms with Crippen LogP contribution >= 0.6 is 0 Å². The van der Waals surface area contributed by atoms with E-state index in [9.17, 15) is 0 Å². The highest BCUT2D eigenvalue weighted by Crippen LogP contribution is 2.05. The molecule has 0 aliphatic rings. The number of hydrogen-bond donors (Lipinski definition) is 2. The lowest BCUT2D eigenvalue weighted by Crippen LogP contribution is -2.01. The third kappa shape index (κ3) is 1.85. The van der Waals surface area contributed by atoms with Crippen LogP contribution in [0.5, 0.6) is 0 Å². The molecular formula is C5H8N6. The smallest absolute Gasteiger partial charge is 0.255 e. The lowest BCUT2D eigenvalue weighted by Gasteiger charge is -1.94. The maximum absolute atomic E-state index is 5.27. The minimum Gasteiger partial charge on any atom is -0.368 e. The molecule has 0 saturated heterocycles. The molecule has 0 spiro atoms. The number of nitrogens with zero attached hydrogens (tertiary/aromatic N) is 4. The molecule has 4 N–H and O–H groups in total. The van der Waals surface area contributed by atoms with Gasteiger partial charge in [-0.05, 0) is 6.92 Å². The Morgan fingerprint density at radius 2 is 1.73 bits per heavy atom. The van der Waals surface area contributed by atoms with E-state index >= 15 is 0 Å². The van der Waals surface area contributed by atoms with Crippen LogP contribution in [0.3, 0.4) is 0 Å². The molecule has 0 aromatic carbocycles. The van der Waals surface area contributed by atoms with Gasteiger partial charge in [0.05, 0.1) is 0 Å². The van der Waals surface area contributed by atoms with Crippen molar-refractivity contribution >= 4 is 24.1 Å².